The Balaban J connectivity index is 1.56. The van der Waals surface area contributed by atoms with E-state index >= 15 is 0 Å². The molecule has 1 unspecified atom stereocenters. The number of amides is 1. The van der Waals surface area contributed by atoms with E-state index in [1.165, 1.54) is 11.8 Å². The quantitative estimate of drug-likeness (QED) is 0.846. The first kappa shape index (κ1) is 17.5. The van der Waals surface area contributed by atoms with Gasteiger partial charge in [-0.05, 0) is 26.0 Å². The summed E-state index contributed by atoms with van der Waals surface area (Å²) in [5.41, 5.74) is 1.02. The van der Waals surface area contributed by atoms with Gasteiger partial charge in [-0.15, -0.1) is 11.8 Å². The van der Waals surface area contributed by atoms with Crippen molar-refractivity contribution in [3.63, 3.8) is 0 Å². The number of carbonyl (C=O) groups excluding carboxylic acids is 1. The minimum Gasteiger partial charge on any atom is -0.348 e. The molecule has 1 aromatic heterocycles. The van der Waals surface area contributed by atoms with E-state index < -0.39 is 0 Å². The molecule has 132 valence electrons. The number of hydrogen-bond acceptors (Lipinski definition) is 5. The monoisotopic (exact) mass is 358 g/mol. The minimum atomic E-state index is -0.189. The first-order valence-electron chi connectivity index (χ1n) is 8.35. The summed E-state index contributed by atoms with van der Waals surface area (Å²) in [6.45, 7) is 6.45. The van der Waals surface area contributed by atoms with E-state index in [0.717, 1.165) is 4.90 Å². The molecule has 0 bridgehead atoms. The van der Waals surface area contributed by atoms with Crippen molar-refractivity contribution in [2.75, 3.05) is 31.1 Å². The first-order valence-corrected chi connectivity index (χ1v) is 9.23. The highest BCUT2D eigenvalue weighted by atomic mass is 32.2. The van der Waals surface area contributed by atoms with Gasteiger partial charge in [0.25, 0.3) is 5.56 Å². The van der Waals surface area contributed by atoms with Gasteiger partial charge in [-0.2, -0.15) is 0 Å². The number of hydrogen-bond donors (Lipinski definition) is 1. The summed E-state index contributed by atoms with van der Waals surface area (Å²) in [6, 6.07) is 8.22. The molecule has 1 amide bonds. The van der Waals surface area contributed by atoms with Gasteiger partial charge in [0.1, 0.15) is 0 Å². The Labute approximate surface area is 151 Å². The molecule has 0 radical (unpaired) electrons. The van der Waals surface area contributed by atoms with E-state index in [1.54, 1.807) is 18.0 Å². The summed E-state index contributed by atoms with van der Waals surface area (Å²) < 4.78 is 0. The number of nitrogens with zero attached hydrogens (tertiary/aromatic N) is 3. The van der Waals surface area contributed by atoms with Gasteiger partial charge in [-0.1, -0.05) is 17.7 Å². The van der Waals surface area contributed by atoms with Gasteiger partial charge in [0.05, 0.1) is 5.25 Å². The lowest BCUT2D eigenvalue weighted by Gasteiger charge is -2.36. The van der Waals surface area contributed by atoms with Crippen LogP contribution in [0.15, 0.2) is 46.3 Å². The molecule has 1 atom stereocenters. The molecule has 1 aliphatic heterocycles. The minimum absolute atomic E-state index is 0.132. The molecule has 0 saturated carbocycles. The molecule has 1 N–H and O–H groups in total. The largest absolute Gasteiger partial charge is 0.348 e. The van der Waals surface area contributed by atoms with Crippen molar-refractivity contribution < 1.29 is 4.79 Å². The van der Waals surface area contributed by atoms with Gasteiger partial charge in [0.2, 0.25) is 5.91 Å². The molecule has 7 heteroatoms. The van der Waals surface area contributed by atoms with Crippen LogP contribution in [0.2, 0.25) is 0 Å². The number of piperazine rings is 1. The number of aryl methyl sites for hydroxylation is 1. The van der Waals surface area contributed by atoms with E-state index in [0.29, 0.717) is 32.0 Å². The smallest absolute Gasteiger partial charge is 0.290 e. The van der Waals surface area contributed by atoms with Gasteiger partial charge in [-0.3, -0.25) is 9.59 Å². The Bertz CT molecular complexity index is 782. The highest BCUT2D eigenvalue weighted by Crippen LogP contribution is 2.25. The number of rotatable bonds is 4. The van der Waals surface area contributed by atoms with Crippen LogP contribution in [0.1, 0.15) is 12.5 Å². The fraction of sp³-hybridized carbons (Fsp3) is 0.389. The van der Waals surface area contributed by atoms with E-state index in [-0.39, 0.29) is 16.7 Å². The Hall–Kier alpha value is -2.28. The van der Waals surface area contributed by atoms with Gasteiger partial charge in [-0.25, -0.2) is 4.98 Å². The van der Waals surface area contributed by atoms with E-state index in [9.17, 15) is 9.59 Å². The normalized spacial score (nSPS) is 15.9. The van der Waals surface area contributed by atoms with Crippen LogP contribution in [0.25, 0.3) is 0 Å². The second-order valence-electron chi connectivity index (χ2n) is 6.13. The number of thioether (sulfide) groups is 1. The first-order chi connectivity index (χ1) is 12.0. The molecule has 1 saturated heterocycles. The Morgan fingerprint density at radius 3 is 2.52 bits per heavy atom. The summed E-state index contributed by atoms with van der Waals surface area (Å²) in [5, 5.41) is -0.132. The average molecular weight is 358 g/mol. The summed E-state index contributed by atoms with van der Waals surface area (Å²) in [6.07, 6.45) is 3.10. The molecule has 25 heavy (non-hydrogen) atoms. The maximum absolute atomic E-state index is 12.7. The van der Waals surface area contributed by atoms with Gasteiger partial charge in [0.15, 0.2) is 5.82 Å². The predicted molar refractivity (Wildman–Crippen MR) is 100 cm³/mol. The zero-order chi connectivity index (χ0) is 17.8. The number of aromatic nitrogens is 2. The van der Waals surface area contributed by atoms with Crippen LogP contribution in [0.3, 0.4) is 0 Å². The van der Waals surface area contributed by atoms with Crippen LogP contribution in [-0.4, -0.2) is 52.2 Å². The molecule has 6 nitrogen and oxygen atoms in total. The number of H-pyrrole nitrogens is 1. The Morgan fingerprint density at radius 2 is 1.88 bits per heavy atom. The molecule has 1 aliphatic rings. The Morgan fingerprint density at radius 1 is 1.20 bits per heavy atom. The molecular weight excluding hydrogens is 336 g/mol. The van der Waals surface area contributed by atoms with Crippen molar-refractivity contribution in [3.05, 3.63) is 52.6 Å². The number of anilines is 1. The SMILES string of the molecule is Cc1ccc(SC(C)C(=O)N2CCN(c3ncc[nH]c3=O)CC2)cc1. The zero-order valence-electron chi connectivity index (χ0n) is 14.4. The lowest BCUT2D eigenvalue weighted by atomic mass is 10.2. The summed E-state index contributed by atoms with van der Waals surface area (Å²) >= 11 is 1.58. The topological polar surface area (TPSA) is 69.3 Å². The number of nitrogens with one attached hydrogen (secondary N) is 1. The van der Waals surface area contributed by atoms with Crippen LogP contribution < -0.4 is 10.5 Å². The third-order valence-electron chi connectivity index (χ3n) is 4.26. The molecule has 0 spiro atoms. The van der Waals surface area contributed by atoms with Crippen LogP contribution in [-0.2, 0) is 4.79 Å². The molecule has 3 rings (SSSR count). The highest BCUT2D eigenvalue weighted by Gasteiger charge is 2.26. The van der Waals surface area contributed by atoms with Crippen molar-refractivity contribution >= 4 is 23.5 Å². The summed E-state index contributed by atoms with van der Waals surface area (Å²) in [7, 11) is 0. The van der Waals surface area contributed by atoms with Crippen molar-refractivity contribution in [3.8, 4) is 0 Å². The third kappa shape index (κ3) is 4.22. The van der Waals surface area contributed by atoms with E-state index in [1.807, 2.05) is 16.7 Å². The predicted octanol–water partition coefficient (Wildman–Crippen LogP) is 1.91. The highest BCUT2D eigenvalue weighted by molar-refractivity contribution is 8.00. The third-order valence-corrected chi connectivity index (χ3v) is 5.36. The zero-order valence-corrected chi connectivity index (χ0v) is 15.3. The van der Waals surface area contributed by atoms with Gasteiger partial charge < -0.3 is 14.8 Å². The van der Waals surface area contributed by atoms with Crippen LogP contribution in [0.5, 0.6) is 0 Å². The van der Waals surface area contributed by atoms with Gasteiger partial charge in [0, 0.05) is 43.5 Å². The number of aromatic amines is 1. The fourth-order valence-electron chi connectivity index (χ4n) is 2.84. The second-order valence-corrected chi connectivity index (χ2v) is 7.54. The van der Waals surface area contributed by atoms with E-state index in [4.69, 9.17) is 0 Å². The average Bonchev–Trinajstić information content (AvgIpc) is 2.63. The molecule has 2 heterocycles. The number of benzene rings is 1. The lowest BCUT2D eigenvalue weighted by molar-refractivity contribution is -0.130. The molecule has 1 fully saturated rings. The summed E-state index contributed by atoms with van der Waals surface area (Å²) in [5.74, 6) is 0.567. The maximum atomic E-state index is 12.7. The van der Waals surface area contributed by atoms with Crippen LogP contribution in [0.4, 0.5) is 5.82 Å². The van der Waals surface area contributed by atoms with Crippen molar-refractivity contribution in [1.29, 1.82) is 0 Å². The fourth-order valence-corrected chi connectivity index (χ4v) is 3.79. The van der Waals surface area contributed by atoms with Crippen molar-refractivity contribution in [1.82, 2.24) is 14.9 Å². The maximum Gasteiger partial charge on any atom is 0.290 e. The van der Waals surface area contributed by atoms with Crippen LogP contribution in [0, 0.1) is 6.92 Å². The molecule has 1 aromatic carbocycles. The number of carbonyl (C=O) groups is 1. The molecule has 2 aromatic rings. The standard InChI is InChI=1S/C18H22N4O2S/c1-13-3-5-15(6-4-13)25-14(2)18(24)22-11-9-21(10-12-22)16-17(23)20-8-7-19-16/h3-8,14H,9-12H2,1-2H3,(H,20,23). The molecule has 0 aliphatic carbocycles. The van der Waals surface area contributed by atoms with Crippen molar-refractivity contribution in [2.45, 2.75) is 24.0 Å². The van der Waals surface area contributed by atoms with Crippen molar-refractivity contribution in [2.24, 2.45) is 0 Å². The lowest BCUT2D eigenvalue weighted by Crippen LogP contribution is -2.51. The molecular formula is C18H22N4O2S. The van der Waals surface area contributed by atoms with Gasteiger partial charge >= 0.3 is 0 Å². The Kier molecular flexibility index (Phi) is 5.43. The summed E-state index contributed by atoms with van der Waals surface area (Å²) in [4.78, 5) is 36.2. The van der Waals surface area contributed by atoms with E-state index in [2.05, 4.69) is 41.2 Å². The second kappa shape index (κ2) is 7.74. The van der Waals surface area contributed by atoms with Crippen LogP contribution >= 0.6 is 11.8 Å².